The summed E-state index contributed by atoms with van der Waals surface area (Å²) in [5.74, 6) is 0. The molecule has 1 aromatic heterocycles. The molecule has 0 amide bonds. The van der Waals surface area contributed by atoms with Crippen LogP contribution in [-0.4, -0.2) is 10.7 Å². The maximum absolute atomic E-state index is 11.9. The molecule has 1 heterocycles. The second kappa shape index (κ2) is 6.96. The summed E-state index contributed by atoms with van der Waals surface area (Å²) in [5, 5.41) is 0. The maximum atomic E-state index is 11.9. The van der Waals surface area contributed by atoms with E-state index in [1.165, 1.54) is 17.8 Å². The summed E-state index contributed by atoms with van der Waals surface area (Å²) in [6, 6.07) is 20.6. The Bertz CT molecular complexity index is 910. The van der Waals surface area contributed by atoms with Crippen molar-refractivity contribution in [2.45, 2.75) is 13.5 Å². The second-order valence-corrected chi connectivity index (χ2v) is 5.53. The summed E-state index contributed by atoms with van der Waals surface area (Å²) in [7, 11) is 0. The third-order valence-corrected chi connectivity index (χ3v) is 3.69. The van der Waals surface area contributed by atoms with E-state index in [0.717, 1.165) is 21.3 Å². The highest BCUT2D eigenvalue weighted by molar-refractivity contribution is 5.70. The Morgan fingerprint density at radius 2 is 1.75 bits per heavy atom. The maximum Gasteiger partial charge on any atom is 0.421 e. The summed E-state index contributed by atoms with van der Waals surface area (Å²) in [6.07, 6.45) is 0.717. The summed E-state index contributed by atoms with van der Waals surface area (Å²) < 4.78 is 6.13. The summed E-state index contributed by atoms with van der Waals surface area (Å²) >= 11 is 0. The predicted octanol–water partition coefficient (Wildman–Crippen LogP) is 4.01. The van der Waals surface area contributed by atoms with Gasteiger partial charge in [-0.15, -0.1) is 0 Å². The van der Waals surface area contributed by atoms with Gasteiger partial charge in [-0.25, -0.2) is 9.36 Å². The molecule has 0 aliphatic heterocycles. The minimum Gasteiger partial charge on any atom is -0.444 e. The average molecular weight is 319 g/mol. The van der Waals surface area contributed by atoms with Crippen molar-refractivity contribution in [3.05, 3.63) is 94.4 Å². The van der Waals surface area contributed by atoms with Crippen LogP contribution in [0.3, 0.4) is 0 Å². The van der Waals surface area contributed by atoms with E-state index in [0.29, 0.717) is 0 Å². The van der Waals surface area contributed by atoms with Crippen LogP contribution in [-0.2, 0) is 11.3 Å². The van der Waals surface area contributed by atoms with Crippen molar-refractivity contribution in [3.8, 4) is 11.1 Å². The Morgan fingerprint density at radius 1 is 0.958 bits per heavy atom. The van der Waals surface area contributed by atoms with Crippen LogP contribution >= 0.6 is 0 Å². The number of pyridine rings is 1. The number of nitrogens with zero attached hydrogens (tertiary/aromatic N) is 1. The van der Waals surface area contributed by atoms with E-state index in [-0.39, 0.29) is 6.61 Å². The van der Waals surface area contributed by atoms with E-state index < -0.39 is 11.7 Å². The van der Waals surface area contributed by atoms with Crippen LogP contribution in [0.5, 0.6) is 0 Å². The molecule has 0 N–H and O–H groups in total. The highest BCUT2D eigenvalue weighted by Gasteiger charge is 2.07. The van der Waals surface area contributed by atoms with Crippen LogP contribution in [0.1, 0.15) is 11.1 Å². The van der Waals surface area contributed by atoms with Crippen molar-refractivity contribution in [1.82, 2.24) is 4.57 Å². The molecule has 0 unspecified atom stereocenters. The molecule has 3 rings (SSSR count). The second-order valence-electron chi connectivity index (χ2n) is 5.53. The van der Waals surface area contributed by atoms with Crippen LogP contribution < -0.4 is 5.56 Å². The molecule has 0 atom stereocenters. The van der Waals surface area contributed by atoms with Crippen LogP contribution in [0.2, 0.25) is 0 Å². The van der Waals surface area contributed by atoms with Crippen LogP contribution in [0.25, 0.3) is 11.1 Å². The van der Waals surface area contributed by atoms with E-state index in [9.17, 15) is 9.59 Å². The van der Waals surface area contributed by atoms with Crippen molar-refractivity contribution in [2.24, 2.45) is 0 Å². The van der Waals surface area contributed by atoms with Crippen molar-refractivity contribution >= 4 is 6.09 Å². The number of rotatable bonds is 3. The molecule has 0 aliphatic carbocycles. The van der Waals surface area contributed by atoms with Crippen LogP contribution in [0.4, 0.5) is 4.79 Å². The van der Waals surface area contributed by atoms with Gasteiger partial charge in [0.2, 0.25) is 0 Å². The van der Waals surface area contributed by atoms with Gasteiger partial charge in [0.25, 0.3) is 5.56 Å². The number of benzene rings is 2. The van der Waals surface area contributed by atoms with Crippen molar-refractivity contribution < 1.29 is 9.53 Å². The first-order valence-corrected chi connectivity index (χ1v) is 7.64. The summed E-state index contributed by atoms with van der Waals surface area (Å²) in [5.41, 5.74) is 3.92. The standard InChI is InChI=1S/C20H17NO3/c1-15-5-4-6-18(13-15)17-10-8-16(9-11-17)14-24-20(23)21-12-3-2-7-19(21)22/h2-13H,14H2,1H3. The molecule has 0 bridgehead atoms. The zero-order chi connectivity index (χ0) is 16.9. The third kappa shape index (κ3) is 3.60. The summed E-state index contributed by atoms with van der Waals surface area (Å²) in [4.78, 5) is 23.5. The minimum atomic E-state index is -0.677. The van der Waals surface area contributed by atoms with E-state index >= 15 is 0 Å². The number of hydrogen-bond acceptors (Lipinski definition) is 3. The van der Waals surface area contributed by atoms with E-state index in [2.05, 4.69) is 25.1 Å². The van der Waals surface area contributed by atoms with Gasteiger partial charge in [0.05, 0.1) is 0 Å². The number of hydrogen-bond donors (Lipinski definition) is 0. The molecule has 0 fully saturated rings. The van der Waals surface area contributed by atoms with Crippen LogP contribution in [0, 0.1) is 6.92 Å². The lowest BCUT2D eigenvalue weighted by atomic mass is 10.0. The lowest BCUT2D eigenvalue weighted by molar-refractivity contribution is 0.140. The zero-order valence-corrected chi connectivity index (χ0v) is 13.3. The first-order valence-electron chi connectivity index (χ1n) is 7.64. The van der Waals surface area contributed by atoms with Gasteiger partial charge in [-0.3, -0.25) is 4.79 Å². The Labute approximate surface area is 140 Å². The minimum absolute atomic E-state index is 0.119. The molecule has 0 saturated carbocycles. The number of aromatic nitrogens is 1. The van der Waals surface area contributed by atoms with Crippen molar-refractivity contribution in [2.75, 3.05) is 0 Å². The van der Waals surface area contributed by atoms with Gasteiger partial charge in [0.1, 0.15) is 6.61 Å². The van der Waals surface area contributed by atoms with Crippen LogP contribution in [0.15, 0.2) is 77.7 Å². The van der Waals surface area contributed by atoms with Gasteiger partial charge in [-0.05, 0) is 29.7 Å². The van der Waals surface area contributed by atoms with Gasteiger partial charge in [-0.1, -0.05) is 60.2 Å². The molecule has 0 saturated heterocycles. The Kier molecular flexibility index (Phi) is 4.57. The number of aryl methyl sites for hydroxylation is 1. The molecule has 4 heteroatoms. The molecule has 120 valence electrons. The lowest BCUT2D eigenvalue weighted by Gasteiger charge is -2.08. The largest absolute Gasteiger partial charge is 0.444 e. The number of ether oxygens (including phenoxy) is 1. The molecule has 0 radical (unpaired) electrons. The molecule has 2 aromatic carbocycles. The molecule has 24 heavy (non-hydrogen) atoms. The van der Waals surface area contributed by atoms with Crippen molar-refractivity contribution in [1.29, 1.82) is 0 Å². The van der Waals surface area contributed by atoms with Gasteiger partial charge in [-0.2, -0.15) is 0 Å². The van der Waals surface area contributed by atoms with Gasteiger partial charge < -0.3 is 4.74 Å². The highest BCUT2D eigenvalue weighted by Crippen LogP contribution is 2.21. The highest BCUT2D eigenvalue weighted by atomic mass is 16.5. The van der Waals surface area contributed by atoms with Gasteiger partial charge in [0, 0.05) is 12.3 Å². The smallest absolute Gasteiger partial charge is 0.421 e. The third-order valence-electron chi connectivity index (χ3n) is 3.69. The van der Waals surface area contributed by atoms with E-state index in [1.807, 2.05) is 30.3 Å². The first kappa shape index (κ1) is 15.7. The fourth-order valence-corrected chi connectivity index (χ4v) is 2.41. The first-order chi connectivity index (χ1) is 11.6. The lowest BCUT2D eigenvalue weighted by Crippen LogP contribution is -2.26. The number of carbonyl (C=O) groups excluding carboxylic acids is 1. The summed E-state index contributed by atoms with van der Waals surface area (Å²) in [6.45, 7) is 2.18. The van der Waals surface area contributed by atoms with Gasteiger partial charge >= 0.3 is 6.09 Å². The topological polar surface area (TPSA) is 48.3 Å². The zero-order valence-electron chi connectivity index (χ0n) is 13.3. The Hall–Kier alpha value is -3.14. The monoisotopic (exact) mass is 319 g/mol. The Balaban J connectivity index is 1.68. The SMILES string of the molecule is Cc1cccc(-c2ccc(COC(=O)n3ccccc3=O)cc2)c1. The van der Waals surface area contributed by atoms with E-state index in [1.54, 1.807) is 12.1 Å². The quantitative estimate of drug-likeness (QED) is 0.733. The Morgan fingerprint density at radius 3 is 2.46 bits per heavy atom. The normalized spacial score (nSPS) is 10.4. The molecule has 0 aliphatic rings. The molecule has 3 aromatic rings. The average Bonchev–Trinajstić information content (AvgIpc) is 2.60. The fourth-order valence-electron chi connectivity index (χ4n) is 2.41. The number of carbonyl (C=O) groups is 1. The fraction of sp³-hybridized carbons (Fsp3) is 0.100. The van der Waals surface area contributed by atoms with E-state index in [4.69, 9.17) is 4.74 Å². The molecule has 0 spiro atoms. The van der Waals surface area contributed by atoms with Crippen molar-refractivity contribution in [3.63, 3.8) is 0 Å². The molecular formula is C20H17NO3. The van der Waals surface area contributed by atoms with Gasteiger partial charge in [0.15, 0.2) is 0 Å². The molecule has 4 nitrogen and oxygen atoms in total. The predicted molar refractivity (Wildman–Crippen MR) is 92.9 cm³/mol. The molecular weight excluding hydrogens is 302 g/mol.